The van der Waals surface area contributed by atoms with E-state index in [2.05, 4.69) is 24.9 Å². The molecule has 1 aromatic carbocycles. The minimum absolute atomic E-state index is 0.0844. The third kappa shape index (κ3) is 4.79. The molecule has 3 N–H and O–H groups in total. The molecule has 0 spiro atoms. The molecule has 3 heterocycles. The van der Waals surface area contributed by atoms with Gasteiger partial charge in [0.1, 0.15) is 10.7 Å². The SMILES string of the molecule is CC(C)(C)c1[nH]cnc1/C=c1\[nH]c(=O)/c(=C/c2cccc(C(=O)c3cccnc3)c2)[nH]c1=O. The predicted molar refractivity (Wildman–Crippen MR) is 125 cm³/mol. The third-order valence-electron chi connectivity index (χ3n) is 5.07. The molecule has 4 aromatic rings. The summed E-state index contributed by atoms with van der Waals surface area (Å²) in [5.41, 5.74) is 1.84. The van der Waals surface area contributed by atoms with Crippen molar-refractivity contribution in [3.8, 4) is 0 Å². The first-order valence-electron chi connectivity index (χ1n) is 10.4. The molecule has 3 aromatic heterocycles. The lowest BCUT2D eigenvalue weighted by molar-refractivity contribution is 0.103. The lowest BCUT2D eigenvalue weighted by Gasteiger charge is -2.16. The topological polar surface area (TPSA) is 124 Å². The molecule has 33 heavy (non-hydrogen) atoms. The molecule has 0 unspecified atom stereocenters. The van der Waals surface area contributed by atoms with Gasteiger partial charge in [-0.25, -0.2) is 4.98 Å². The van der Waals surface area contributed by atoms with Crippen LogP contribution in [0.25, 0.3) is 12.2 Å². The summed E-state index contributed by atoms with van der Waals surface area (Å²) in [5.74, 6) is -0.181. The van der Waals surface area contributed by atoms with Gasteiger partial charge in [-0.1, -0.05) is 39.0 Å². The highest BCUT2D eigenvalue weighted by Gasteiger charge is 2.19. The Kier molecular flexibility index (Phi) is 5.74. The van der Waals surface area contributed by atoms with E-state index in [1.807, 2.05) is 20.8 Å². The molecule has 0 aliphatic heterocycles. The van der Waals surface area contributed by atoms with E-state index in [0.717, 1.165) is 5.69 Å². The number of carbonyl (C=O) groups is 1. The average molecular weight is 441 g/mol. The van der Waals surface area contributed by atoms with Gasteiger partial charge in [0, 0.05) is 34.6 Å². The lowest BCUT2D eigenvalue weighted by atomic mass is 9.90. The van der Waals surface area contributed by atoms with E-state index in [-0.39, 0.29) is 21.9 Å². The normalized spacial score (nSPS) is 12.8. The van der Waals surface area contributed by atoms with Crippen molar-refractivity contribution in [2.45, 2.75) is 26.2 Å². The number of hydrogen-bond acceptors (Lipinski definition) is 5. The van der Waals surface area contributed by atoms with Crippen molar-refractivity contribution in [1.82, 2.24) is 24.9 Å². The summed E-state index contributed by atoms with van der Waals surface area (Å²) in [6.07, 6.45) is 7.73. The van der Waals surface area contributed by atoms with E-state index in [1.165, 1.54) is 12.3 Å². The molecule has 0 bridgehead atoms. The number of benzene rings is 1. The van der Waals surface area contributed by atoms with Crippen molar-refractivity contribution < 1.29 is 4.79 Å². The maximum Gasteiger partial charge on any atom is 0.272 e. The quantitative estimate of drug-likeness (QED) is 0.413. The molecule has 8 nitrogen and oxygen atoms in total. The van der Waals surface area contributed by atoms with Gasteiger partial charge in [-0.15, -0.1) is 0 Å². The summed E-state index contributed by atoms with van der Waals surface area (Å²) in [6, 6.07) is 10.2. The number of pyridine rings is 1. The number of aromatic nitrogens is 5. The Bertz CT molecular complexity index is 1550. The largest absolute Gasteiger partial charge is 0.348 e. The Labute approximate surface area is 188 Å². The zero-order valence-electron chi connectivity index (χ0n) is 18.5. The summed E-state index contributed by atoms with van der Waals surface area (Å²) in [5, 5.41) is 0.191. The average Bonchev–Trinajstić information content (AvgIpc) is 3.26. The minimum atomic E-state index is -0.460. The fourth-order valence-corrected chi connectivity index (χ4v) is 3.45. The summed E-state index contributed by atoms with van der Waals surface area (Å²) < 4.78 is 0. The van der Waals surface area contributed by atoms with Gasteiger partial charge in [-0.05, 0) is 35.9 Å². The first-order valence-corrected chi connectivity index (χ1v) is 10.4. The van der Waals surface area contributed by atoms with Gasteiger partial charge in [0.2, 0.25) is 0 Å². The number of hydrogen-bond donors (Lipinski definition) is 3. The monoisotopic (exact) mass is 441 g/mol. The van der Waals surface area contributed by atoms with Crippen molar-refractivity contribution in [1.29, 1.82) is 0 Å². The van der Waals surface area contributed by atoms with E-state index in [4.69, 9.17) is 0 Å². The number of carbonyl (C=O) groups excluding carboxylic acids is 1. The molecule has 166 valence electrons. The molecular formula is C25H23N5O3. The summed E-state index contributed by atoms with van der Waals surface area (Å²) in [7, 11) is 0. The van der Waals surface area contributed by atoms with Crippen LogP contribution in [0.4, 0.5) is 0 Å². The first kappa shape index (κ1) is 21.9. The van der Waals surface area contributed by atoms with Gasteiger partial charge in [0.05, 0.1) is 12.0 Å². The van der Waals surface area contributed by atoms with Crippen molar-refractivity contribution in [2.75, 3.05) is 0 Å². The Hall–Kier alpha value is -4.33. The Morgan fingerprint density at radius 2 is 1.64 bits per heavy atom. The number of nitrogens with one attached hydrogen (secondary N) is 3. The Balaban J connectivity index is 1.74. The van der Waals surface area contributed by atoms with Crippen LogP contribution >= 0.6 is 0 Å². The molecule has 0 saturated heterocycles. The van der Waals surface area contributed by atoms with Crippen LogP contribution in [0.1, 0.15) is 53.6 Å². The maximum atomic E-state index is 12.7. The van der Waals surface area contributed by atoms with Crippen LogP contribution in [-0.2, 0) is 5.41 Å². The van der Waals surface area contributed by atoms with E-state index in [0.29, 0.717) is 22.4 Å². The molecule has 8 heteroatoms. The fraction of sp³-hybridized carbons (Fsp3) is 0.160. The highest BCUT2D eigenvalue weighted by molar-refractivity contribution is 6.09. The highest BCUT2D eigenvalue weighted by Crippen LogP contribution is 2.22. The molecule has 0 fully saturated rings. The van der Waals surface area contributed by atoms with Gasteiger partial charge in [0.15, 0.2) is 5.78 Å². The predicted octanol–water partition coefficient (Wildman–Crippen LogP) is 1.37. The van der Waals surface area contributed by atoms with E-state index >= 15 is 0 Å². The summed E-state index contributed by atoms with van der Waals surface area (Å²) in [6.45, 7) is 6.07. The van der Waals surface area contributed by atoms with Gasteiger partial charge in [-0.3, -0.25) is 19.4 Å². The van der Waals surface area contributed by atoms with Crippen molar-refractivity contribution in [3.63, 3.8) is 0 Å². The maximum absolute atomic E-state index is 12.7. The molecule has 0 aliphatic carbocycles. The third-order valence-corrected chi connectivity index (χ3v) is 5.07. The standard InChI is InChI=1S/C25H23N5O3/c1-25(2,3)22-18(27-14-28-22)12-20-24(33)29-19(23(32)30-20)11-15-6-4-7-16(10-15)21(31)17-8-5-9-26-13-17/h4-14H,1-3H3,(H,27,28)(H,29,33)(H,30,32)/b19-11-,20-12-. The molecule has 0 radical (unpaired) electrons. The van der Waals surface area contributed by atoms with Crippen molar-refractivity contribution in [3.05, 3.63) is 115 Å². The zero-order chi connectivity index (χ0) is 23.6. The van der Waals surface area contributed by atoms with Gasteiger partial charge in [-0.2, -0.15) is 0 Å². The second-order valence-corrected chi connectivity index (χ2v) is 8.63. The number of rotatable bonds is 4. The number of H-pyrrole nitrogens is 3. The van der Waals surface area contributed by atoms with E-state index in [1.54, 1.807) is 55.0 Å². The zero-order valence-corrected chi connectivity index (χ0v) is 18.5. The molecule has 0 amide bonds. The van der Waals surface area contributed by atoms with Crippen LogP contribution in [0.15, 0.2) is 64.7 Å². The minimum Gasteiger partial charge on any atom is -0.348 e. The molecule has 4 rings (SSSR count). The second-order valence-electron chi connectivity index (χ2n) is 8.63. The molecular weight excluding hydrogens is 418 g/mol. The molecule has 0 aliphatic rings. The van der Waals surface area contributed by atoms with Gasteiger partial charge >= 0.3 is 0 Å². The van der Waals surface area contributed by atoms with Crippen LogP contribution in [0.3, 0.4) is 0 Å². The Morgan fingerprint density at radius 1 is 0.939 bits per heavy atom. The van der Waals surface area contributed by atoms with Crippen LogP contribution in [-0.4, -0.2) is 30.7 Å². The smallest absolute Gasteiger partial charge is 0.272 e. The number of ketones is 1. The van der Waals surface area contributed by atoms with Crippen molar-refractivity contribution in [2.24, 2.45) is 0 Å². The summed E-state index contributed by atoms with van der Waals surface area (Å²) in [4.78, 5) is 54.6. The van der Waals surface area contributed by atoms with Gasteiger partial charge in [0.25, 0.3) is 11.1 Å². The van der Waals surface area contributed by atoms with E-state index < -0.39 is 11.1 Å². The van der Waals surface area contributed by atoms with Crippen LogP contribution in [0.5, 0.6) is 0 Å². The van der Waals surface area contributed by atoms with Crippen LogP contribution in [0, 0.1) is 0 Å². The van der Waals surface area contributed by atoms with Crippen LogP contribution < -0.4 is 21.8 Å². The van der Waals surface area contributed by atoms with E-state index in [9.17, 15) is 14.4 Å². The van der Waals surface area contributed by atoms with Crippen molar-refractivity contribution >= 4 is 17.9 Å². The lowest BCUT2D eigenvalue weighted by Crippen LogP contribution is -2.46. The summed E-state index contributed by atoms with van der Waals surface area (Å²) >= 11 is 0. The molecule has 0 atom stereocenters. The Morgan fingerprint density at radius 3 is 2.30 bits per heavy atom. The molecule has 0 saturated carbocycles. The number of aromatic amines is 3. The van der Waals surface area contributed by atoms with Crippen LogP contribution in [0.2, 0.25) is 0 Å². The fourth-order valence-electron chi connectivity index (χ4n) is 3.45. The highest BCUT2D eigenvalue weighted by atomic mass is 16.1. The number of nitrogens with zero attached hydrogens (tertiary/aromatic N) is 2. The first-order chi connectivity index (χ1) is 15.7. The number of imidazole rings is 1. The second kappa shape index (κ2) is 8.66. The van der Waals surface area contributed by atoms with Gasteiger partial charge < -0.3 is 15.0 Å².